The van der Waals surface area contributed by atoms with Crippen LogP contribution in [0.25, 0.3) is 0 Å². The second kappa shape index (κ2) is 6.39. The molecular weight excluding hydrogens is 236 g/mol. The SMILES string of the molecule is COc1cccc(CC(O)Cc2ccccc2C)c1. The van der Waals surface area contributed by atoms with E-state index in [1.165, 1.54) is 11.1 Å². The molecule has 2 rings (SSSR count). The molecule has 0 aromatic heterocycles. The highest BCUT2D eigenvalue weighted by Crippen LogP contribution is 2.16. The third kappa shape index (κ3) is 3.83. The minimum Gasteiger partial charge on any atom is -0.497 e. The van der Waals surface area contributed by atoms with Crippen LogP contribution in [0.2, 0.25) is 0 Å². The van der Waals surface area contributed by atoms with Gasteiger partial charge in [-0.3, -0.25) is 0 Å². The number of hydrogen-bond donors (Lipinski definition) is 1. The van der Waals surface area contributed by atoms with Crippen molar-refractivity contribution < 1.29 is 9.84 Å². The van der Waals surface area contributed by atoms with E-state index in [1.807, 2.05) is 36.4 Å². The number of aliphatic hydroxyl groups is 1. The molecule has 2 nitrogen and oxygen atoms in total. The molecule has 0 saturated heterocycles. The maximum absolute atomic E-state index is 10.2. The van der Waals surface area contributed by atoms with Crippen molar-refractivity contribution in [2.45, 2.75) is 25.9 Å². The minimum absolute atomic E-state index is 0.367. The molecule has 0 fully saturated rings. The van der Waals surface area contributed by atoms with Crippen LogP contribution >= 0.6 is 0 Å². The first-order chi connectivity index (χ1) is 9.19. The highest BCUT2D eigenvalue weighted by Gasteiger charge is 2.09. The van der Waals surface area contributed by atoms with E-state index in [0.717, 1.165) is 11.3 Å². The molecule has 0 aliphatic heterocycles. The Balaban J connectivity index is 2.01. The van der Waals surface area contributed by atoms with Gasteiger partial charge in [0.15, 0.2) is 0 Å². The molecular formula is C17H20O2. The van der Waals surface area contributed by atoms with Crippen molar-refractivity contribution in [2.24, 2.45) is 0 Å². The molecule has 2 aromatic carbocycles. The van der Waals surface area contributed by atoms with E-state index < -0.39 is 0 Å². The maximum Gasteiger partial charge on any atom is 0.119 e. The van der Waals surface area contributed by atoms with Gasteiger partial charge in [-0.2, -0.15) is 0 Å². The van der Waals surface area contributed by atoms with Crippen LogP contribution in [0.5, 0.6) is 5.75 Å². The molecule has 0 saturated carbocycles. The first kappa shape index (κ1) is 13.6. The fourth-order valence-corrected chi connectivity index (χ4v) is 2.24. The van der Waals surface area contributed by atoms with E-state index in [9.17, 15) is 5.11 Å². The second-order valence-corrected chi connectivity index (χ2v) is 4.84. The summed E-state index contributed by atoms with van der Waals surface area (Å²) in [4.78, 5) is 0. The highest BCUT2D eigenvalue weighted by atomic mass is 16.5. The van der Waals surface area contributed by atoms with Gasteiger partial charge in [-0.1, -0.05) is 36.4 Å². The minimum atomic E-state index is -0.367. The van der Waals surface area contributed by atoms with E-state index in [4.69, 9.17) is 4.74 Å². The summed E-state index contributed by atoms with van der Waals surface area (Å²) in [7, 11) is 1.66. The van der Waals surface area contributed by atoms with Crippen LogP contribution in [0.1, 0.15) is 16.7 Å². The molecule has 1 unspecified atom stereocenters. The van der Waals surface area contributed by atoms with Gasteiger partial charge in [0.1, 0.15) is 5.75 Å². The number of aliphatic hydroxyl groups excluding tert-OH is 1. The lowest BCUT2D eigenvalue weighted by Crippen LogP contribution is -2.14. The fourth-order valence-electron chi connectivity index (χ4n) is 2.24. The predicted molar refractivity (Wildman–Crippen MR) is 77.6 cm³/mol. The van der Waals surface area contributed by atoms with E-state index in [0.29, 0.717) is 12.8 Å². The summed E-state index contributed by atoms with van der Waals surface area (Å²) in [6.45, 7) is 2.08. The van der Waals surface area contributed by atoms with Gasteiger partial charge < -0.3 is 9.84 Å². The molecule has 0 heterocycles. The van der Waals surface area contributed by atoms with Crippen LogP contribution in [0.4, 0.5) is 0 Å². The van der Waals surface area contributed by atoms with Gasteiger partial charge in [-0.25, -0.2) is 0 Å². The monoisotopic (exact) mass is 256 g/mol. The molecule has 0 amide bonds. The lowest BCUT2D eigenvalue weighted by Gasteiger charge is -2.13. The molecule has 1 atom stereocenters. The Kier molecular flexibility index (Phi) is 4.58. The number of benzene rings is 2. The molecule has 2 aromatic rings. The van der Waals surface area contributed by atoms with Crippen molar-refractivity contribution >= 4 is 0 Å². The Morgan fingerprint density at radius 1 is 1.05 bits per heavy atom. The maximum atomic E-state index is 10.2. The van der Waals surface area contributed by atoms with Crippen molar-refractivity contribution in [1.82, 2.24) is 0 Å². The smallest absolute Gasteiger partial charge is 0.119 e. The Hall–Kier alpha value is -1.80. The van der Waals surface area contributed by atoms with Gasteiger partial charge >= 0.3 is 0 Å². The van der Waals surface area contributed by atoms with E-state index in [-0.39, 0.29) is 6.10 Å². The van der Waals surface area contributed by atoms with Crippen LogP contribution in [0.15, 0.2) is 48.5 Å². The van der Waals surface area contributed by atoms with Crippen LogP contribution in [0, 0.1) is 6.92 Å². The van der Waals surface area contributed by atoms with Crippen molar-refractivity contribution in [1.29, 1.82) is 0 Å². The van der Waals surface area contributed by atoms with Gasteiger partial charge in [0.25, 0.3) is 0 Å². The van der Waals surface area contributed by atoms with Gasteiger partial charge in [-0.15, -0.1) is 0 Å². The molecule has 100 valence electrons. The standard InChI is InChI=1S/C17H20O2/c1-13-6-3-4-8-15(13)12-16(18)10-14-7-5-9-17(11-14)19-2/h3-9,11,16,18H,10,12H2,1-2H3. The Bertz CT molecular complexity index is 534. The number of methoxy groups -OCH3 is 1. The first-order valence-corrected chi connectivity index (χ1v) is 6.54. The van der Waals surface area contributed by atoms with E-state index in [2.05, 4.69) is 19.1 Å². The molecule has 0 aliphatic rings. The zero-order valence-electron chi connectivity index (χ0n) is 11.5. The number of hydrogen-bond acceptors (Lipinski definition) is 2. The van der Waals surface area contributed by atoms with Crippen LogP contribution < -0.4 is 4.74 Å². The molecule has 2 heteroatoms. The second-order valence-electron chi connectivity index (χ2n) is 4.84. The number of aryl methyl sites for hydroxylation is 1. The van der Waals surface area contributed by atoms with Crippen LogP contribution in [-0.2, 0) is 12.8 Å². The van der Waals surface area contributed by atoms with Crippen molar-refractivity contribution in [3.8, 4) is 5.75 Å². The van der Waals surface area contributed by atoms with Gasteiger partial charge in [-0.05, 0) is 48.6 Å². The molecule has 0 spiro atoms. The Morgan fingerprint density at radius 2 is 1.84 bits per heavy atom. The quantitative estimate of drug-likeness (QED) is 0.890. The van der Waals surface area contributed by atoms with Crippen molar-refractivity contribution in [2.75, 3.05) is 7.11 Å². The lowest BCUT2D eigenvalue weighted by atomic mass is 9.98. The highest BCUT2D eigenvalue weighted by molar-refractivity contribution is 5.30. The largest absolute Gasteiger partial charge is 0.497 e. The topological polar surface area (TPSA) is 29.5 Å². The van der Waals surface area contributed by atoms with Crippen molar-refractivity contribution in [3.05, 3.63) is 65.2 Å². The van der Waals surface area contributed by atoms with Crippen LogP contribution in [-0.4, -0.2) is 18.3 Å². The summed E-state index contributed by atoms with van der Waals surface area (Å²) in [6.07, 6.45) is 0.961. The van der Waals surface area contributed by atoms with Gasteiger partial charge in [0.05, 0.1) is 13.2 Å². The van der Waals surface area contributed by atoms with E-state index >= 15 is 0 Å². The van der Waals surface area contributed by atoms with E-state index in [1.54, 1.807) is 7.11 Å². The van der Waals surface area contributed by atoms with Gasteiger partial charge in [0.2, 0.25) is 0 Å². The molecule has 0 aliphatic carbocycles. The average molecular weight is 256 g/mol. The van der Waals surface area contributed by atoms with Gasteiger partial charge in [0, 0.05) is 0 Å². The molecule has 0 radical (unpaired) electrons. The summed E-state index contributed by atoms with van der Waals surface area (Å²) in [5.41, 5.74) is 3.53. The summed E-state index contributed by atoms with van der Waals surface area (Å²) < 4.78 is 5.19. The summed E-state index contributed by atoms with van der Waals surface area (Å²) >= 11 is 0. The fraction of sp³-hybridized carbons (Fsp3) is 0.294. The van der Waals surface area contributed by atoms with Crippen LogP contribution in [0.3, 0.4) is 0 Å². The molecule has 1 N–H and O–H groups in total. The first-order valence-electron chi connectivity index (χ1n) is 6.54. The number of rotatable bonds is 5. The molecule has 0 bridgehead atoms. The zero-order chi connectivity index (χ0) is 13.7. The summed E-state index contributed by atoms with van der Waals surface area (Å²) in [5.74, 6) is 0.834. The predicted octanol–water partition coefficient (Wildman–Crippen LogP) is 3.15. The lowest BCUT2D eigenvalue weighted by molar-refractivity contribution is 0.175. The zero-order valence-corrected chi connectivity index (χ0v) is 11.5. The summed E-state index contributed by atoms with van der Waals surface area (Å²) in [6, 6.07) is 16.0. The number of ether oxygens (including phenoxy) is 1. The third-order valence-electron chi connectivity index (χ3n) is 3.32. The Labute approximate surface area is 114 Å². The van der Waals surface area contributed by atoms with Crippen molar-refractivity contribution in [3.63, 3.8) is 0 Å². The molecule has 19 heavy (non-hydrogen) atoms. The normalized spacial score (nSPS) is 12.2. The average Bonchev–Trinajstić information content (AvgIpc) is 2.41. The Morgan fingerprint density at radius 3 is 2.58 bits per heavy atom. The third-order valence-corrected chi connectivity index (χ3v) is 3.32. The summed E-state index contributed by atoms with van der Waals surface area (Å²) in [5, 5.41) is 10.2.